The Morgan fingerprint density at radius 1 is 1.06 bits per heavy atom. The van der Waals surface area contributed by atoms with Crippen molar-refractivity contribution < 1.29 is 14.7 Å². The molecule has 7 heteroatoms. The number of amides is 1. The van der Waals surface area contributed by atoms with Crippen molar-refractivity contribution in [2.24, 2.45) is 17.0 Å². The summed E-state index contributed by atoms with van der Waals surface area (Å²) >= 11 is 1.31. The number of aromatic carboxylic acids is 1. The molecule has 0 saturated heterocycles. The Morgan fingerprint density at radius 3 is 2.38 bits per heavy atom. The van der Waals surface area contributed by atoms with Crippen molar-refractivity contribution in [3.8, 4) is 0 Å². The van der Waals surface area contributed by atoms with Crippen LogP contribution in [0.3, 0.4) is 0 Å². The van der Waals surface area contributed by atoms with Crippen molar-refractivity contribution in [1.29, 1.82) is 0 Å². The van der Waals surface area contributed by atoms with E-state index in [4.69, 9.17) is 0 Å². The van der Waals surface area contributed by atoms with Crippen molar-refractivity contribution in [3.05, 3.63) is 26.8 Å². The minimum Gasteiger partial charge on any atom is -0.477 e. The van der Waals surface area contributed by atoms with E-state index in [2.05, 4.69) is 18.2 Å². The van der Waals surface area contributed by atoms with E-state index >= 15 is 0 Å². The number of hydrogen-bond acceptors (Lipinski definition) is 5. The van der Waals surface area contributed by atoms with E-state index in [1.54, 1.807) is 0 Å². The van der Waals surface area contributed by atoms with Gasteiger partial charge in [0.2, 0.25) is 5.91 Å². The van der Waals surface area contributed by atoms with Gasteiger partial charge in [-0.3, -0.25) is 4.79 Å². The topological polar surface area (TPSA) is 87.0 Å². The second-order valence-electron chi connectivity index (χ2n) is 9.84. The van der Waals surface area contributed by atoms with Crippen molar-refractivity contribution in [2.75, 3.05) is 4.90 Å². The first kappa shape index (κ1) is 23.1. The summed E-state index contributed by atoms with van der Waals surface area (Å²) in [7, 11) is 0. The molecule has 174 valence electrons. The molecule has 3 aliphatic carbocycles. The second kappa shape index (κ2) is 10.3. The largest absolute Gasteiger partial charge is 0.477 e. The summed E-state index contributed by atoms with van der Waals surface area (Å²) in [6.07, 6.45) is 13.0. The number of carbonyl (C=O) groups is 2. The molecule has 32 heavy (non-hydrogen) atoms. The number of nitrogens with zero attached hydrogens (tertiary/aromatic N) is 2. The van der Waals surface area contributed by atoms with E-state index in [0.717, 1.165) is 49.8 Å². The van der Waals surface area contributed by atoms with Crippen LogP contribution in [0.2, 0.25) is 0 Å². The molecule has 2 saturated carbocycles. The van der Waals surface area contributed by atoms with Gasteiger partial charge in [0.1, 0.15) is 4.88 Å². The van der Waals surface area contributed by atoms with Crippen molar-refractivity contribution in [3.63, 3.8) is 0 Å². The number of rotatable bonds is 6. The maximum absolute atomic E-state index is 13.9. The first-order valence-corrected chi connectivity index (χ1v) is 13.0. The predicted molar refractivity (Wildman–Crippen MR) is 128 cm³/mol. The van der Waals surface area contributed by atoms with Crippen LogP contribution in [0, 0.1) is 16.7 Å². The van der Waals surface area contributed by atoms with E-state index in [1.807, 2.05) is 11.0 Å². The molecule has 0 aromatic carbocycles. The summed E-state index contributed by atoms with van der Waals surface area (Å²) in [4.78, 5) is 40.2. The van der Waals surface area contributed by atoms with Gasteiger partial charge in [0.25, 0.3) is 0 Å². The Bertz CT molecular complexity index is 877. The zero-order chi connectivity index (χ0) is 22.7. The maximum Gasteiger partial charge on any atom is 0.348 e. The van der Waals surface area contributed by atoms with Crippen LogP contribution in [0.4, 0.5) is 5.69 Å². The summed E-state index contributed by atoms with van der Waals surface area (Å²) in [6.45, 7) is 2.23. The van der Waals surface area contributed by atoms with Crippen molar-refractivity contribution >= 4 is 34.5 Å². The Kier molecular flexibility index (Phi) is 7.44. The van der Waals surface area contributed by atoms with Crippen LogP contribution in [-0.2, 0) is 4.79 Å². The third kappa shape index (κ3) is 4.98. The molecule has 3 aliphatic rings. The number of thiophene rings is 1. The van der Waals surface area contributed by atoms with Gasteiger partial charge in [0.05, 0.1) is 11.7 Å². The number of carboxylic acid groups (broad SMARTS) is 1. The first-order valence-electron chi connectivity index (χ1n) is 12.2. The molecule has 2 fully saturated rings. The Balaban J connectivity index is 1.69. The van der Waals surface area contributed by atoms with Gasteiger partial charge in [0.15, 0.2) is 0 Å². The molecule has 1 N–H and O–H groups in total. The lowest BCUT2D eigenvalue weighted by molar-refractivity contribution is -0.124. The fourth-order valence-electron chi connectivity index (χ4n) is 5.55. The highest BCUT2D eigenvalue weighted by molar-refractivity contribution is 7.15. The molecule has 1 aromatic rings. The molecule has 6 nitrogen and oxygen atoms in total. The Hall–Kier alpha value is -2.02. The molecule has 1 aromatic heterocycles. The Morgan fingerprint density at radius 2 is 1.78 bits per heavy atom. The van der Waals surface area contributed by atoms with Crippen LogP contribution >= 0.6 is 11.3 Å². The monoisotopic (exact) mass is 458 g/mol. The van der Waals surface area contributed by atoms with Crippen molar-refractivity contribution in [2.45, 2.75) is 96.1 Å². The maximum atomic E-state index is 13.9. The van der Waals surface area contributed by atoms with E-state index in [9.17, 15) is 19.6 Å². The molecular formula is C25H34N2O4S. The van der Waals surface area contributed by atoms with Gasteiger partial charge in [0, 0.05) is 16.8 Å². The lowest BCUT2D eigenvalue weighted by atomic mass is 9.81. The summed E-state index contributed by atoms with van der Waals surface area (Å²) < 4.78 is 0. The third-order valence-electron chi connectivity index (χ3n) is 7.56. The average molecular weight is 459 g/mol. The average Bonchev–Trinajstić information content (AvgIpc) is 3.26. The van der Waals surface area contributed by atoms with Gasteiger partial charge in [-0.05, 0) is 94.6 Å². The third-order valence-corrected chi connectivity index (χ3v) is 8.74. The second-order valence-corrected chi connectivity index (χ2v) is 10.9. The number of carbonyl (C=O) groups excluding carboxylic acids is 1. The van der Waals surface area contributed by atoms with Gasteiger partial charge in [-0.15, -0.1) is 11.3 Å². The van der Waals surface area contributed by atoms with E-state index < -0.39 is 5.97 Å². The number of anilines is 1. The minimum absolute atomic E-state index is 0.0491. The van der Waals surface area contributed by atoms with Gasteiger partial charge < -0.3 is 10.0 Å². The van der Waals surface area contributed by atoms with Crippen LogP contribution < -0.4 is 4.90 Å². The molecule has 0 unspecified atom stereocenters. The van der Waals surface area contributed by atoms with E-state index in [-0.39, 0.29) is 28.8 Å². The number of hydrogen-bond donors (Lipinski definition) is 1. The molecule has 0 atom stereocenters. The molecule has 1 amide bonds. The van der Waals surface area contributed by atoms with Crippen LogP contribution in [0.5, 0.6) is 0 Å². The number of allylic oxidation sites excluding steroid dienone is 2. The molecule has 0 aliphatic heterocycles. The van der Waals surface area contributed by atoms with Crippen LogP contribution in [-0.4, -0.2) is 29.1 Å². The molecular weight excluding hydrogens is 424 g/mol. The quantitative estimate of drug-likeness (QED) is 0.484. The van der Waals surface area contributed by atoms with Gasteiger partial charge in [-0.1, -0.05) is 18.2 Å². The van der Waals surface area contributed by atoms with Crippen LogP contribution in [0.25, 0.3) is 5.57 Å². The van der Waals surface area contributed by atoms with Crippen molar-refractivity contribution in [1.82, 2.24) is 0 Å². The van der Waals surface area contributed by atoms with Gasteiger partial charge >= 0.3 is 5.97 Å². The Labute approximate surface area is 194 Å². The highest BCUT2D eigenvalue weighted by Gasteiger charge is 2.37. The molecule has 1 heterocycles. The zero-order valence-corrected chi connectivity index (χ0v) is 19.7. The number of nitroso groups, excluding NO2 is 1. The number of carboxylic acids is 1. The molecule has 0 spiro atoms. The van der Waals surface area contributed by atoms with E-state index in [1.165, 1.54) is 23.3 Å². The smallest absolute Gasteiger partial charge is 0.348 e. The first-order chi connectivity index (χ1) is 15.5. The summed E-state index contributed by atoms with van der Waals surface area (Å²) in [5.74, 6) is -0.302. The summed E-state index contributed by atoms with van der Waals surface area (Å²) in [5, 5.41) is 13.2. The summed E-state index contributed by atoms with van der Waals surface area (Å²) in [6, 6.07) is 1.70. The molecule has 0 radical (unpaired) electrons. The zero-order valence-electron chi connectivity index (χ0n) is 18.9. The lowest BCUT2D eigenvalue weighted by Gasteiger charge is -2.38. The SMILES string of the molecule is CC1CCC(C(=O)N(c2cc(C3=CCCCC3)sc2C(=O)O)C2CCC(N=O)CC2)CC1. The lowest BCUT2D eigenvalue weighted by Crippen LogP contribution is -2.47. The highest BCUT2D eigenvalue weighted by atomic mass is 32.1. The summed E-state index contributed by atoms with van der Waals surface area (Å²) in [5.41, 5.74) is 1.78. The standard InChI is InChI=1S/C25H34N2O4S/c1-16-7-9-18(10-8-16)24(28)27(20-13-11-19(26-31)12-14-20)21-15-22(32-23(21)25(29)30)17-5-3-2-4-6-17/h5,15-16,18-20H,2-4,6-14H2,1H3,(H,29,30). The molecule has 4 rings (SSSR count). The highest BCUT2D eigenvalue weighted by Crippen LogP contribution is 2.42. The van der Waals surface area contributed by atoms with Crippen LogP contribution in [0.15, 0.2) is 17.3 Å². The van der Waals surface area contributed by atoms with Crippen LogP contribution in [0.1, 0.15) is 98.5 Å². The minimum atomic E-state index is -0.967. The predicted octanol–water partition coefficient (Wildman–Crippen LogP) is 6.64. The van der Waals surface area contributed by atoms with Gasteiger partial charge in [-0.25, -0.2) is 4.79 Å². The normalized spacial score (nSPS) is 28.6. The van der Waals surface area contributed by atoms with E-state index in [0.29, 0.717) is 37.3 Å². The fraction of sp³-hybridized carbons (Fsp3) is 0.680. The fourth-order valence-corrected chi connectivity index (χ4v) is 6.61. The van der Waals surface area contributed by atoms with Gasteiger partial charge in [-0.2, -0.15) is 4.91 Å². The molecule has 0 bridgehead atoms.